The van der Waals surface area contributed by atoms with Gasteiger partial charge in [-0.25, -0.2) is 4.98 Å². The maximum Gasteiger partial charge on any atom is 0.264 e. The Morgan fingerprint density at radius 1 is 1.19 bits per heavy atom. The molecule has 1 unspecified atom stereocenters. The number of piperidine rings is 1. The highest BCUT2D eigenvalue weighted by atomic mass is 35.5. The summed E-state index contributed by atoms with van der Waals surface area (Å²) in [5, 5.41) is 10.2. The van der Waals surface area contributed by atoms with Crippen molar-refractivity contribution in [3.63, 3.8) is 0 Å². The quantitative estimate of drug-likeness (QED) is 0.524. The second-order valence-electron chi connectivity index (χ2n) is 7.94. The van der Waals surface area contributed by atoms with Crippen LogP contribution in [0.1, 0.15) is 12.8 Å². The molecule has 1 atom stereocenters. The van der Waals surface area contributed by atoms with Crippen LogP contribution in [0.25, 0.3) is 21.8 Å². The van der Waals surface area contributed by atoms with Crippen molar-refractivity contribution >= 4 is 34.7 Å². The van der Waals surface area contributed by atoms with Gasteiger partial charge in [-0.2, -0.15) is 4.98 Å². The first-order valence-electron chi connectivity index (χ1n) is 10.8. The number of H-pyrrole nitrogens is 1. The zero-order valence-corrected chi connectivity index (χ0v) is 19.1. The largest absolute Gasteiger partial charge is 0.378 e. The molecule has 168 valence electrons. The highest BCUT2D eigenvalue weighted by Crippen LogP contribution is 2.32. The van der Waals surface area contributed by atoms with E-state index < -0.39 is 0 Å². The van der Waals surface area contributed by atoms with E-state index in [4.69, 9.17) is 26.3 Å². The SMILES string of the molecule is O=c1[nH]c(N2CCOCC2)nc(NC2CCCNC2)c1-c1nc(-c2ccc(Cl)cc2)cs1. The minimum atomic E-state index is -0.190. The fraction of sp³-hybridized carbons (Fsp3) is 0.409. The highest BCUT2D eigenvalue weighted by molar-refractivity contribution is 7.13. The summed E-state index contributed by atoms with van der Waals surface area (Å²) in [4.78, 5) is 27.9. The van der Waals surface area contributed by atoms with Gasteiger partial charge in [0.1, 0.15) is 16.4 Å². The van der Waals surface area contributed by atoms with Crippen LogP contribution in [0, 0.1) is 0 Å². The van der Waals surface area contributed by atoms with Crippen molar-refractivity contribution in [3.8, 4) is 21.8 Å². The molecule has 2 aliphatic heterocycles. The number of rotatable bonds is 5. The van der Waals surface area contributed by atoms with E-state index in [1.165, 1.54) is 11.3 Å². The molecular weight excluding hydrogens is 448 g/mol. The molecule has 10 heteroatoms. The van der Waals surface area contributed by atoms with Crippen molar-refractivity contribution in [1.29, 1.82) is 0 Å². The number of morpholine rings is 1. The smallest absolute Gasteiger partial charge is 0.264 e. The van der Waals surface area contributed by atoms with Crippen LogP contribution in [0.4, 0.5) is 11.8 Å². The van der Waals surface area contributed by atoms with E-state index in [2.05, 4.69) is 20.5 Å². The summed E-state index contributed by atoms with van der Waals surface area (Å²) in [6.45, 7) is 4.50. The molecule has 3 aromatic rings. The predicted octanol–water partition coefficient (Wildman–Crippen LogP) is 3.21. The first-order valence-corrected chi connectivity index (χ1v) is 12.1. The lowest BCUT2D eigenvalue weighted by Crippen LogP contribution is -2.40. The number of benzene rings is 1. The summed E-state index contributed by atoms with van der Waals surface area (Å²) >= 11 is 7.46. The van der Waals surface area contributed by atoms with E-state index in [9.17, 15) is 4.79 Å². The average Bonchev–Trinajstić information content (AvgIpc) is 3.30. The van der Waals surface area contributed by atoms with Gasteiger partial charge >= 0.3 is 0 Å². The fourth-order valence-corrected chi connectivity index (χ4v) is 5.00. The Balaban J connectivity index is 1.52. The van der Waals surface area contributed by atoms with E-state index in [1.54, 1.807) is 0 Å². The van der Waals surface area contributed by atoms with Crippen molar-refractivity contribution in [3.05, 3.63) is 45.0 Å². The van der Waals surface area contributed by atoms with Crippen molar-refractivity contribution < 1.29 is 4.74 Å². The number of anilines is 2. The third-order valence-electron chi connectivity index (χ3n) is 5.71. The molecule has 32 heavy (non-hydrogen) atoms. The molecule has 8 nitrogen and oxygen atoms in total. The Morgan fingerprint density at radius 2 is 2.00 bits per heavy atom. The number of ether oxygens (including phenoxy) is 1. The first kappa shape index (κ1) is 21.4. The van der Waals surface area contributed by atoms with Crippen molar-refractivity contribution in [2.75, 3.05) is 49.6 Å². The second kappa shape index (κ2) is 9.58. The fourth-order valence-electron chi connectivity index (χ4n) is 4.00. The maximum absolute atomic E-state index is 13.3. The molecule has 2 aliphatic rings. The number of aromatic amines is 1. The summed E-state index contributed by atoms with van der Waals surface area (Å²) in [5.74, 6) is 1.16. The van der Waals surface area contributed by atoms with Crippen LogP contribution in [0.15, 0.2) is 34.4 Å². The summed E-state index contributed by atoms with van der Waals surface area (Å²) in [6.07, 6.45) is 2.12. The van der Waals surface area contributed by atoms with E-state index in [-0.39, 0.29) is 11.6 Å². The van der Waals surface area contributed by atoms with Crippen molar-refractivity contribution in [1.82, 2.24) is 20.3 Å². The number of nitrogens with one attached hydrogen (secondary N) is 3. The highest BCUT2D eigenvalue weighted by Gasteiger charge is 2.23. The molecule has 0 amide bonds. The van der Waals surface area contributed by atoms with Crippen LogP contribution in [0.5, 0.6) is 0 Å². The molecule has 4 heterocycles. The number of thiazole rings is 1. The molecule has 0 radical (unpaired) electrons. The lowest BCUT2D eigenvalue weighted by molar-refractivity contribution is 0.122. The van der Waals surface area contributed by atoms with Crippen LogP contribution in [-0.2, 0) is 4.74 Å². The van der Waals surface area contributed by atoms with Gasteiger partial charge in [0, 0.05) is 41.6 Å². The van der Waals surface area contributed by atoms with Crippen LogP contribution in [0.2, 0.25) is 5.02 Å². The molecule has 2 aromatic heterocycles. The Bertz CT molecular complexity index is 1120. The second-order valence-corrected chi connectivity index (χ2v) is 9.24. The number of aromatic nitrogens is 3. The average molecular weight is 473 g/mol. The van der Waals surface area contributed by atoms with Gasteiger partial charge in [-0.3, -0.25) is 9.78 Å². The van der Waals surface area contributed by atoms with Gasteiger partial charge in [-0.1, -0.05) is 23.7 Å². The van der Waals surface area contributed by atoms with Crippen molar-refractivity contribution in [2.45, 2.75) is 18.9 Å². The molecule has 0 saturated carbocycles. The van der Waals surface area contributed by atoms with Crippen LogP contribution in [0.3, 0.4) is 0 Å². The van der Waals surface area contributed by atoms with Gasteiger partial charge in [-0.15, -0.1) is 11.3 Å². The molecule has 0 bridgehead atoms. The first-order chi connectivity index (χ1) is 15.7. The molecule has 2 fully saturated rings. The molecule has 3 N–H and O–H groups in total. The van der Waals surface area contributed by atoms with E-state index >= 15 is 0 Å². The summed E-state index contributed by atoms with van der Waals surface area (Å²) in [7, 11) is 0. The Kier molecular flexibility index (Phi) is 6.40. The van der Waals surface area contributed by atoms with Crippen molar-refractivity contribution in [2.24, 2.45) is 0 Å². The number of hydrogen-bond donors (Lipinski definition) is 3. The molecule has 5 rings (SSSR count). The lowest BCUT2D eigenvalue weighted by atomic mass is 10.1. The van der Waals surface area contributed by atoms with Gasteiger partial charge in [0.2, 0.25) is 5.95 Å². The van der Waals surface area contributed by atoms with Crippen LogP contribution in [-0.4, -0.2) is 60.4 Å². The Hall–Kier alpha value is -2.46. The summed E-state index contributed by atoms with van der Waals surface area (Å²) < 4.78 is 5.45. The number of nitrogens with zero attached hydrogens (tertiary/aromatic N) is 3. The number of hydrogen-bond acceptors (Lipinski definition) is 8. The standard InChI is InChI=1S/C22H25ClN6O2S/c23-15-5-3-14(4-6-15)17-13-32-21(26-17)18-19(25-16-2-1-7-24-12-16)27-22(28-20(18)30)29-8-10-31-11-9-29/h3-6,13,16,24H,1-2,7-12H2,(H2,25,27,28,30). The molecule has 0 spiro atoms. The number of halogens is 1. The van der Waals surface area contributed by atoms with E-state index in [0.29, 0.717) is 53.7 Å². The van der Waals surface area contributed by atoms with Gasteiger partial charge in [0.25, 0.3) is 5.56 Å². The molecule has 2 saturated heterocycles. The topological polar surface area (TPSA) is 95.2 Å². The van der Waals surface area contributed by atoms with Gasteiger partial charge in [0.15, 0.2) is 0 Å². The Morgan fingerprint density at radius 3 is 2.75 bits per heavy atom. The summed E-state index contributed by atoms with van der Waals surface area (Å²) in [5.41, 5.74) is 2.06. The van der Waals surface area contributed by atoms with E-state index in [1.807, 2.05) is 29.6 Å². The third kappa shape index (κ3) is 4.66. The van der Waals surface area contributed by atoms with Gasteiger partial charge < -0.3 is 20.3 Å². The maximum atomic E-state index is 13.3. The Labute approximate surface area is 195 Å². The van der Waals surface area contributed by atoms with Gasteiger partial charge in [0.05, 0.1) is 18.9 Å². The monoisotopic (exact) mass is 472 g/mol. The molecule has 0 aliphatic carbocycles. The van der Waals surface area contributed by atoms with Crippen LogP contribution < -0.4 is 21.1 Å². The molecular formula is C22H25ClN6O2S. The lowest BCUT2D eigenvalue weighted by Gasteiger charge is -2.29. The zero-order chi connectivity index (χ0) is 21.9. The molecule has 1 aromatic carbocycles. The summed E-state index contributed by atoms with van der Waals surface area (Å²) in [6, 6.07) is 7.75. The van der Waals surface area contributed by atoms with E-state index in [0.717, 1.165) is 37.2 Å². The minimum absolute atomic E-state index is 0.190. The van der Waals surface area contributed by atoms with Gasteiger partial charge in [-0.05, 0) is 31.5 Å². The normalized spacial score (nSPS) is 19.2. The zero-order valence-electron chi connectivity index (χ0n) is 17.6. The predicted molar refractivity (Wildman–Crippen MR) is 129 cm³/mol. The van der Waals surface area contributed by atoms with Crippen LogP contribution >= 0.6 is 22.9 Å². The third-order valence-corrected chi connectivity index (χ3v) is 6.83. The minimum Gasteiger partial charge on any atom is -0.378 e.